The monoisotopic (exact) mass is 392 g/mol. The van der Waals surface area contributed by atoms with Gasteiger partial charge in [-0.25, -0.2) is 0 Å². The summed E-state index contributed by atoms with van der Waals surface area (Å²) in [5.74, 6) is -0.212. The summed E-state index contributed by atoms with van der Waals surface area (Å²) in [6, 6.07) is 3.50. The third-order valence-corrected chi connectivity index (χ3v) is 4.78. The van der Waals surface area contributed by atoms with Crippen molar-refractivity contribution in [2.75, 3.05) is 5.88 Å². The van der Waals surface area contributed by atoms with Crippen molar-refractivity contribution < 1.29 is 4.79 Å². The third kappa shape index (κ3) is 2.58. The van der Waals surface area contributed by atoms with E-state index in [1.807, 2.05) is 6.07 Å². The van der Waals surface area contributed by atoms with Crippen LogP contribution >= 0.6 is 61.7 Å². The van der Waals surface area contributed by atoms with Gasteiger partial charge >= 0.3 is 0 Å². The van der Waals surface area contributed by atoms with E-state index in [0.717, 1.165) is 8.04 Å². The van der Waals surface area contributed by atoms with Crippen LogP contribution in [-0.2, 0) is 0 Å². The highest BCUT2D eigenvalue weighted by molar-refractivity contribution is 14.1. The summed E-state index contributed by atoms with van der Waals surface area (Å²) in [5, 5.41) is 0.428. The molecule has 0 aliphatic carbocycles. The zero-order valence-electron chi connectivity index (χ0n) is 6.28. The van der Waals surface area contributed by atoms with Crippen LogP contribution in [0.1, 0.15) is 10.4 Å². The van der Waals surface area contributed by atoms with Crippen LogP contribution in [0.4, 0.5) is 0 Å². The Morgan fingerprint density at radius 1 is 1.54 bits per heavy atom. The molecule has 0 aliphatic rings. The Hall–Kier alpha value is 0.680. The lowest BCUT2D eigenvalue weighted by Gasteiger charge is -2.04. The number of hydrogen-bond acceptors (Lipinski definition) is 1. The highest BCUT2D eigenvalue weighted by atomic mass is 127. The van der Waals surface area contributed by atoms with E-state index >= 15 is 0 Å². The van der Waals surface area contributed by atoms with E-state index in [2.05, 4.69) is 38.5 Å². The molecule has 0 saturated heterocycles. The van der Waals surface area contributed by atoms with Crippen molar-refractivity contribution in [2.24, 2.45) is 0 Å². The van der Waals surface area contributed by atoms with Crippen LogP contribution in [0.3, 0.4) is 0 Å². The molecule has 1 rings (SSSR count). The average Bonchev–Trinajstić information content (AvgIpc) is 2.13. The Kier molecular flexibility index (Phi) is 4.48. The Balaban J connectivity index is 3.26. The summed E-state index contributed by atoms with van der Waals surface area (Å²) in [4.78, 5) is 11.3. The van der Waals surface area contributed by atoms with Crippen LogP contribution in [0.15, 0.2) is 16.6 Å². The van der Waals surface area contributed by atoms with Crippen molar-refractivity contribution in [3.63, 3.8) is 0 Å². The van der Waals surface area contributed by atoms with Gasteiger partial charge < -0.3 is 0 Å². The Labute approximate surface area is 108 Å². The Morgan fingerprint density at radius 2 is 2.15 bits per heavy atom. The molecule has 70 valence electrons. The van der Waals surface area contributed by atoms with Crippen LogP contribution in [0.5, 0.6) is 0 Å². The van der Waals surface area contributed by atoms with Crippen LogP contribution in [-0.4, -0.2) is 11.7 Å². The van der Waals surface area contributed by atoms with Crippen LogP contribution in [0.2, 0.25) is 5.02 Å². The molecule has 0 amide bonds. The van der Waals surface area contributed by atoms with Crippen LogP contribution in [0.25, 0.3) is 0 Å². The molecule has 0 N–H and O–H groups in total. The second kappa shape index (κ2) is 4.96. The Bertz CT molecular complexity index is 354. The molecule has 1 aromatic carbocycles. The minimum absolute atomic E-state index is 0.0489. The molecule has 0 atom stereocenters. The number of hydrogen-bond donors (Lipinski definition) is 0. The fourth-order valence-electron chi connectivity index (χ4n) is 0.813. The van der Waals surface area contributed by atoms with Crippen molar-refractivity contribution in [3.05, 3.63) is 30.8 Å². The fourth-order valence-corrected chi connectivity index (χ4v) is 2.18. The summed E-state index contributed by atoms with van der Waals surface area (Å²) >= 11 is 16.8. The quantitative estimate of drug-likeness (QED) is 0.319. The molecule has 0 fully saturated rings. The van der Waals surface area contributed by atoms with Gasteiger partial charge in [-0.15, -0.1) is 11.6 Å². The second-order valence-electron chi connectivity index (χ2n) is 2.28. The molecule has 0 aliphatic heterocycles. The van der Waals surface area contributed by atoms with Crippen molar-refractivity contribution in [3.8, 4) is 0 Å². The molecule has 0 saturated carbocycles. The maximum atomic E-state index is 11.3. The molecule has 0 spiro atoms. The minimum Gasteiger partial charge on any atom is -0.293 e. The van der Waals surface area contributed by atoms with Crippen LogP contribution in [0, 0.1) is 3.57 Å². The summed E-state index contributed by atoms with van der Waals surface area (Å²) in [7, 11) is 0. The minimum atomic E-state index is -0.163. The van der Waals surface area contributed by atoms with Gasteiger partial charge in [-0.05, 0) is 50.7 Å². The van der Waals surface area contributed by atoms with Crippen molar-refractivity contribution in [1.29, 1.82) is 0 Å². The number of benzene rings is 1. The molecule has 0 radical (unpaired) electrons. The first-order chi connectivity index (χ1) is 6.07. The number of halogens is 4. The molecule has 0 unspecified atom stereocenters. The lowest BCUT2D eigenvalue weighted by molar-refractivity contribution is 0.102. The molecule has 0 heterocycles. The van der Waals surface area contributed by atoms with Gasteiger partial charge in [0.1, 0.15) is 0 Å². The average molecular weight is 394 g/mol. The lowest BCUT2D eigenvalue weighted by Crippen LogP contribution is -2.01. The first kappa shape index (κ1) is 11.8. The van der Waals surface area contributed by atoms with E-state index in [4.69, 9.17) is 23.2 Å². The van der Waals surface area contributed by atoms with Crippen molar-refractivity contribution in [1.82, 2.24) is 0 Å². The number of rotatable bonds is 2. The summed E-state index contributed by atoms with van der Waals surface area (Å²) in [5.41, 5.74) is 0.462. The van der Waals surface area contributed by atoms with Gasteiger partial charge in [0, 0.05) is 9.13 Å². The molecule has 5 heteroatoms. The number of alkyl halides is 1. The molecular weight excluding hydrogens is 390 g/mol. The van der Waals surface area contributed by atoms with E-state index in [0.29, 0.717) is 10.6 Å². The maximum Gasteiger partial charge on any atom is 0.179 e. The number of ketones is 1. The number of carbonyl (C=O) groups is 1. The number of Topliss-reactive ketones (excluding diaryl/α,β-unsaturated/α-hetero) is 1. The molecule has 0 bridgehead atoms. The third-order valence-electron chi connectivity index (χ3n) is 1.46. The SMILES string of the molecule is O=C(CCl)c1ccc(I)c(Br)c1Cl. The standard InChI is InChI=1S/C8H4BrCl2IO/c9-7-5(12)2-1-4(8(7)11)6(13)3-10/h1-2H,3H2. The first-order valence-corrected chi connectivity index (χ1v) is 6.09. The van der Waals surface area contributed by atoms with E-state index in [1.54, 1.807) is 6.07 Å². The van der Waals surface area contributed by atoms with Crippen molar-refractivity contribution >= 4 is 67.5 Å². The van der Waals surface area contributed by atoms with E-state index in [-0.39, 0.29) is 11.7 Å². The predicted octanol–water partition coefficient (Wildman–Crippen LogP) is 4.13. The highest BCUT2D eigenvalue weighted by Crippen LogP contribution is 2.31. The lowest BCUT2D eigenvalue weighted by atomic mass is 10.1. The van der Waals surface area contributed by atoms with Gasteiger partial charge in [0.05, 0.1) is 15.4 Å². The fraction of sp³-hybridized carbons (Fsp3) is 0.125. The smallest absolute Gasteiger partial charge is 0.179 e. The zero-order chi connectivity index (χ0) is 10.0. The van der Waals surface area contributed by atoms with Gasteiger partial charge in [-0.2, -0.15) is 0 Å². The summed E-state index contributed by atoms with van der Waals surface area (Å²) in [6.07, 6.45) is 0. The largest absolute Gasteiger partial charge is 0.293 e. The van der Waals surface area contributed by atoms with E-state index < -0.39 is 0 Å². The molecular formula is C8H4BrCl2IO. The van der Waals surface area contributed by atoms with Gasteiger partial charge in [0.25, 0.3) is 0 Å². The van der Waals surface area contributed by atoms with Gasteiger partial charge in [0.15, 0.2) is 5.78 Å². The van der Waals surface area contributed by atoms with Gasteiger partial charge in [-0.3, -0.25) is 4.79 Å². The van der Waals surface area contributed by atoms with Crippen molar-refractivity contribution in [2.45, 2.75) is 0 Å². The molecule has 0 aromatic heterocycles. The molecule has 13 heavy (non-hydrogen) atoms. The van der Waals surface area contributed by atoms with Gasteiger partial charge in [0.2, 0.25) is 0 Å². The second-order valence-corrected chi connectivity index (χ2v) is 4.88. The Morgan fingerprint density at radius 3 is 2.69 bits per heavy atom. The normalized spacial score (nSPS) is 10.2. The topological polar surface area (TPSA) is 17.1 Å². The number of carbonyl (C=O) groups excluding carboxylic acids is 1. The molecule has 1 aromatic rings. The summed E-state index contributed by atoms with van der Waals surface area (Å²) < 4.78 is 1.71. The summed E-state index contributed by atoms with van der Waals surface area (Å²) in [6.45, 7) is 0. The highest BCUT2D eigenvalue weighted by Gasteiger charge is 2.13. The van der Waals surface area contributed by atoms with E-state index in [9.17, 15) is 4.79 Å². The maximum absolute atomic E-state index is 11.3. The van der Waals surface area contributed by atoms with E-state index in [1.165, 1.54) is 0 Å². The van der Waals surface area contributed by atoms with Crippen LogP contribution < -0.4 is 0 Å². The zero-order valence-corrected chi connectivity index (χ0v) is 11.5. The van der Waals surface area contributed by atoms with Gasteiger partial charge in [-0.1, -0.05) is 11.6 Å². The first-order valence-electron chi connectivity index (χ1n) is 3.30. The molecule has 1 nitrogen and oxygen atoms in total. The predicted molar refractivity (Wildman–Crippen MR) is 66.9 cm³/mol.